The van der Waals surface area contributed by atoms with Gasteiger partial charge in [-0.1, -0.05) is 26.8 Å². The summed E-state index contributed by atoms with van der Waals surface area (Å²) in [7, 11) is 0. The van der Waals surface area contributed by atoms with Gasteiger partial charge in [0.25, 0.3) is 5.91 Å². The molecule has 0 fully saturated rings. The number of amides is 1. The van der Waals surface area contributed by atoms with Crippen LogP contribution in [0.5, 0.6) is 0 Å². The van der Waals surface area contributed by atoms with Crippen molar-refractivity contribution in [2.45, 2.75) is 32.7 Å². The quantitative estimate of drug-likeness (QED) is 0.571. The third kappa shape index (κ3) is 3.68. The van der Waals surface area contributed by atoms with Gasteiger partial charge in [-0.25, -0.2) is 9.59 Å². The maximum atomic E-state index is 12.3. The van der Waals surface area contributed by atoms with Crippen molar-refractivity contribution in [1.82, 2.24) is 25.3 Å². The van der Waals surface area contributed by atoms with Crippen LogP contribution in [0.4, 0.5) is 0 Å². The van der Waals surface area contributed by atoms with Crippen molar-refractivity contribution in [2.24, 2.45) is 0 Å². The second-order valence-electron chi connectivity index (χ2n) is 6.88. The van der Waals surface area contributed by atoms with Crippen LogP contribution in [0.1, 0.15) is 42.5 Å². The van der Waals surface area contributed by atoms with E-state index in [-0.39, 0.29) is 23.3 Å². The van der Waals surface area contributed by atoms with Gasteiger partial charge in [0.15, 0.2) is 0 Å². The smallest absolute Gasteiger partial charge is 0.345 e. The molecule has 1 aromatic carbocycles. The predicted octanol–water partition coefficient (Wildman–Crippen LogP) is 1.17. The van der Waals surface area contributed by atoms with Crippen LogP contribution in [-0.2, 0) is 12.0 Å². The molecule has 0 bridgehead atoms. The normalized spacial score (nSPS) is 11.6. The van der Waals surface area contributed by atoms with Crippen LogP contribution in [-0.4, -0.2) is 25.8 Å². The van der Waals surface area contributed by atoms with Crippen LogP contribution in [0.25, 0.3) is 11.0 Å². The van der Waals surface area contributed by atoms with Gasteiger partial charge in [-0.3, -0.25) is 4.79 Å². The Morgan fingerprint density at radius 3 is 2.52 bits per heavy atom. The van der Waals surface area contributed by atoms with E-state index in [1.807, 2.05) is 20.8 Å². The van der Waals surface area contributed by atoms with Crippen LogP contribution in [0.2, 0.25) is 0 Å². The molecule has 0 spiro atoms. The molecule has 8 heteroatoms. The summed E-state index contributed by atoms with van der Waals surface area (Å²) in [6.45, 7) is 6.06. The highest BCUT2D eigenvalue weighted by Gasteiger charge is 2.18. The number of nitrogens with one attached hydrogen (secondary N) is 4. The zero-order valence-corrected chi connectivity index (χ0v) is 14.2. The number of benzene rings is 1. The van der Waals surface area contributed by atoms with E-state index in [2.05, 4.69) is 25.3 Å². The molecule has 2 aromatic heterocycles. The van der Waals surface area contributed by atoms with Gasteiger partial charge in [-0.15, -0.1) is 0 Å². The van der Waals surface area contributed by atoms with Gasteiger partial charge < -0.3 is 20.3 Å². The van der Waals surface area contributed by atoms with Crippen molar-refractivity contribution in [1.29, 1.82) is 0 Å². The molecule has 0 saturated carbocycles. The molecule has 0 aliphatic heterocycles. The van der Waals surface area contributed by atoms with Crippen molar-refractivity contribution < 1.29 is 4.79 Å². The van der Waals surface area contributed by atoms with Crippen LogP contribution in [0.15, 0.2) is 33.9 Å². The molecule has 0 aliphatic carbocycles. The third-order valence-corrected chi connectivity index (χ3v) is 3.82. The number of fused-ring (bicyclic) bond motifs is 1. The lowest BCUT2D eigenvalue weighted by Gasteiger charge is -2.18. The summed E-state index contributed by atoms with van der Waals surface area (Å²) in [5, 5.41) is 2.74. The van der Waals surface area contributed by atoms with E-state index in [1.54, 1.807) is 24.3 Å². The molecule has 130 valence electrons. The zero-order chi connectivity index (χ0) is 18.2. The Kier molecular flexibility index (Phi) is 4.03. The van der Waals surface area contributed by atoms with E-state index >= 15 is 0 Å². The van der Waals surface area contributed by atoms with Crippen molar-refractivity contribution in [3.63, 3.8) is 0 Å². The van der Waals surface area contributed by atoms with Gasteiger partial charge in [-0.05, 0) is 23.8 Å². The molecule has 0 radical (unpaired) electrons. The molecule has 2 heterocycles. The summed E-state index contributed by atoms with van der Waals surface area (Å²) in [5.74, 6) is -0.431. The molecule has 3 aromatic rings. The van der Waals surface area contributed by atoms with Crippen LogP contribution < -0.4 is 16.7 Å². The highest BCUT2D eigenvalue weighted by Crippen LogP contribution is 2.19. The SMILES string of the molecule is CC(C)(C)c1cc(C(=O)NCc2ccc3[nH]c(=O)[nH]c3c2)nc(=O)[nH]1. The minimum absolute atomic E-state index is 0.0739. The molecule has 0 unspecified atom stereocenters. The number of hydrogen-bond acceptors (Lipinski definition) is 4. The summed E-state index contributed by atoms with van der Waals surface area (Å²) in [6, 6.07) is 6.93. The number of aromatic nitrogens is 4. The Labute approximate surface area is 142 Å². The number of hydrogen-bond donors (Lipinski definition) is 4. The van der Waals surface area contributed by atoms with Crippen molar-refractivity contribution >= 4 is 16.9 Å². The number of H-pyrrole nitrogens is 3. The topological polar surface area (TPSA) is 124 Å². The summed E-state index contributed by atoms with van der Waals surface area (Å²) in [5.41, 5.74) is 1.77. The molecular weight excluding hydrogens is 322 g/mol. The van der Waals surface area contributed by atoms with E-state index in [9.17, 15) is 14.4 Å². The van der Waals surface area contributed by atoms with Crippen LogP contribution >= 0.6 is 0 Å². The van der Waals surface area contributed by atoms with Crippen LogP contribution in [0.3, 0.4) is 0 Å². The number of aromatic amines is 3. The lowest BCUT2D eigenvalue weighted by atomic mass is 9.91. The molecule has 4 N–H and O–H groups in total. The monoisotopic (exact) mass is 341 g/mol. The minimum Gasteiger partial charge on any atom is -0.347 e. The molecule has 25 heavy (non-hydrogen) atoms. The van der Waals surface area contributed by atoms with E-state index < -0.39 is 11.6 Å². The standard InChI is InChI=1S/C17H19N5O3/c1-17(2,3)13-7-12(21-16(25)22-13)14(23)18-8-9-4-5-10-11(6-9)20-15(24)19-10/h4-7H,8H2,1-3H3,(H,18,23)(H2,19,20,24)(H,21,22,25). The van der Waals surface area contributed by atoms with Gasteiger partial charge >= 0.3 is 11.4 Å². The average molecular weight is 341 g/mol. The average Bonchev–Trinajstić information content (AvgIpc) is 2.90. The second-order valence-corrected chi connectivity index (χ2v) is 6.88. The fraction of sp³-hybridized carbons (Fsp3) is 0.294. The highest BCUT2D eigenvalue weighted by molar-refractivity contribution is 5.92. The summed E-state index contributed by atoms with van der Waals surface area (Å²) in [4.78, 5) is 47.0. The summed E-state index contributed by atoms with van der Waals surface area (Å²) < 4.78 is 0. The molecule has 1 amide bonds. The van der Waals surface area contributed by atoms with Gasteiger partial charge in [0, 0.05) is 17.7 Å². The predicted molar refractivity (Wildman–Crippen MR) is 93.6 cm³/mol. The highest BCUT2D eigenvalue weighted by atomic mass is 16.2. The first-order valence-electron chi connectivity index (χ1n) is 7.83. The molecule has 0 atom stereocenters. The Balaban J connectivity index is 1.78. The minimum atomic E-state index is -0.552. The molecular formula is C17H19N5O3. The zero-order valence-electron chi connectivity index (χ0n) is 14.2. The summed E-state index contributed by atoms with van der Waals surface area (Å²) >= 11 is 0. The maximum absolute atomic E-state index is 12.3. The number of nitrogens with zero attached hydrogens (tertiary/aromatic N) is 1. The Morgan fingerprint density at radius 1 is 1.08 bits per heavy atom. The van der Waals surface area contributed by atoms with Gasteiger partial charge in [0.1, 0.15) is 5.69 Å². The first kappa shape index (κ1) is 16.7. The fourth-order valence-electron chi connectivity index (χ4n) is 2.44. The molecule has 8 nitrogen and oxygen atoms in total. The lowest BCUT2D eigenvalue weighted by molar-refractivity contribution is 0.0945. The van der Waals surface area contributed by atoms with Gasteiger partial charge in [-0.2, -0.15) is 4.98 Å². The first-order valence-corrected chi connectivity index (χ1v) is 7.83. The van der Waals surface area contributed by atoms with Gasteiger partial charge in [0.05, 0.1) is 11.0 Å². The molecule has 0 aliphatic rings. The van der Waals surface area contributed by atoms with Crippen molar-refractivity contribution in [3.8, 4) is 0 Å². The number of carbonyl (C=O) groups is 1. The van der Waals surface area contributed by atoms with E-state index in [1.165, 1.54) is 0 Å². The Hall–Kier alpha value is -3.16. The van der Waals surface area contributed by atoms with Crippen molar-refractivity contribution in [2.75, 3.05) is 0 Å². The van der Waals surface area contributed by atoms with Crippen molar-refractivity contribution in [3.05, 3.63) is 62.2 Å². The number of carbonyl (C=O) groups excluding carboxylic acids is 1. The fourth-order valence-corrected chi connectivity index (χ4v) is 2.44. The summed E-state index contributed by atoms with van der Waals surface area (Å²) in [6.07, 6.45) is 0. The van der Waals surface area contributed by atoms with E-state index in [4.69, 9.17) is 0 Å². The number of rotatable bonds is 3. The maximum Gasteiger partial charge on any atom is 0.345 e. The molecule has 0 saturated heterocycles. The second kappa shape index (κ2) is 6.04. The molecule has 3 rings (SSSR count). The third-order valence-electron chi connectivity index (χ3n) is 3.82. The van der Waals surface area contributed by atoms with Crippen LogP contribution in [0, 0.1) is 0 Å². The van der Waals surface area contributed by atoms with E-state index in [0.29, 0.717) is 16.7 Å². The largest absolute Gasteiger partial charge is 0.347 e. The first-order chi connectivity index (χ1) is 11.7. The number of imidazole rings is 1. The Morgan fingerprint density at radius 2 is 1.80 bits per heavy atom. The Bertz CT molecular complexity index is 1050. The lowest BCUT2D eigenvalue weighted by Crippen LogP contribution is -2.29. The van der Waals surface area contributed by atoms with Gasteiger partial charge in [0.2, 0.25) is 0 Å². The van der Waals surface area contributed by atoms with E-state index in [0.717, 1.165) is 5.56 Å².